The summed E-state index contributed by atoms with van der Waals surface area (Å²) < 4.78 is 33.0. The molecule has 0 amide bonds. The number of aliphatic hydroxyl groups is 1. The number of benzene rings is 1. The van der Waals surface area contributed by atoms with Crippen molar-refractivity contribution in [2.45, 2.75) is 45.1 Å². The van der Waals surface area contributed by atoms with E-state index in [9.17, 15) is 18.1 Å². The lowest BCUT2D eigenvalue weighted by atomic mass is 9.62. The van der Waals surface area contributed by atoms with Crippen LogP contribution >= 0.6 is 0 Å². The van der Waals surface area contributed by atoms with Crippen LogP contribution in [0, 0.1) is 11.3 Å². The standard InChI is InChI=1S/C20H25NO4S/c1-12-10-18(22)20(2)9-8-16-15-7-5-14(21(3)26(23,24)25)11-13(15)4-6-17(16)19(12)20/h5,7,11,18-19,22H,1,4,6,8-10H2,2-3H3,(H,23,24,25)/t18-,19+,20-/m1/s1. The Morgan fingerprint density at radius 2 is 2.00 bits per heavy atom. The lowest BCUT2D eigenvalue weighted by Gasteiger charge is -2.43. The number of anilines is 1. The molecule has 1 saturated carbocycles. The molecule has 0 unspecified atom stereocenters. The van der Waals surface area contributed by atoms with Gasteiger partial charge < -0.3 is 5.11 Å². The van der Waals surface area contributed by atoms with Crippen LogP contribution in [-0.4, -0.2) is 31.2 Å². The molecule has 3 aliphatic carbocycles. The summed E-state index contributed by atoms with van der Waals surface area (Å²) in [5.74, 6) is 0.245. The van der Waals surface area contributed by atoms with E-state index in [0.29, 0.717) is 12.1 Å². The number of aliphatic hydroxyl groups excluding tert-OH is 1. The second-order valence-electron chi connectivity index (χ2n) is 8.11. The summed E-state index contributed by atoms with van der Waals surface area (Å²) in [6.07, 6.45) is 3.96. The number of nitrogens with zero attached hydrogens (tertiary/aromatic N) is 1. The Morgan fingerprint density at radius 3 is 2.69 bits per heavy atom. The highest BCUT2D eigenvalue weighted by Crippen LogP contribution is 2.59. The van der Waals surface area contributed by atoms with Gasteiger partial charge in [-0.2, -0.15) is 8.42 Å². The van der Waals surface area contributed by atoms with Crippen molar-refractivity contribution in [3.8, 4) is 0 Å². The highest BCUT2D eigenvalue weighted by Gasteiger charge is 2.52. The minimum Gasteiger partial charge on any atom is -0.392 e. The van der Waals surface area contributed by atoms with Gasteiger partial charge in [0, 0.05) is 18.4 Å². The molecule has 0 radical (unpaired) electrons. The van der Waals surface area contributed by atoms with E-state index in [1.807, 2.05) is 12.1 Å². The van der Waals surface area contributed by atoms with Crippen LogP contribution < -0.4 is 4.31 Å². The lowest BCUT2D eigenvalue weighted by Crippen LogP contribution is -2.37. The van der Waals surface area contributed by atoms with Gasteiger partial charge in [0.1, 0.15) is 0 Å². The third-order valence-electron chi connectivity index (χ3n) is 6.72. The molecular formula is C20H25NO4S. The van der Waals surface area contributed by atoms with Crippen LogP contribution in [0.25, 0.3) is 5.57 Å². The highest BCUT2D eigenvalue weighted by atomic mass is 32.2. The molecule has 1 fully saturated rings. The first-order chi connectivity index (χ1) is 12.1. The molecule has 1 aromatic carbocycles. The molecule has 6 heteroatoms. The zero-order valence-electron chi connectivity index (χ0n) is 15.2. The first kappa shape index (κ1) is 17.8. The number of aryl methyl sites for hydroxylation is 1. The maximum atomic E-state index is 11.4. The van der Waals surface area contributed by atoms with Crippen LogP contribution in [-0.2, 0) is 16.7 Å². The van der Waals surface area contributed by atoms with Gasteiger partial charge in [-0.1, -0.05) is 30.7 Å². The third kappa shape index (κ3) is 2.47. The smallest absolute Gasteiger partial charge is 0.359 e. The van der Waals surface area contributed by atoms with Crippen molar-refractivity contribution in [1.29, 1.82) is 0 Å². The van der Waals surface area contributed by atoms with E-state index >= 15 is 0 Å². The lowest BCUT2D eigenvalue weighted by molar-refractivity contribution is 0.0385. The zero-order valence-corrected chi connectivity index (χ0v) is 16.0. The predicted octanol–water partition coefficient (Wildman–Crippen LogP) is 3.36. The van der Waals surface area contributed by atoms with Crippen molar-refractivity contribution < 1.29 is 18.1 Å². The Kier molecular flexibility index (Phi) is 3.88. The normalized spacial score (nSPS) is 30.7. The molecule has 26 heavy (non-hydrogen) atoms. The average molecular weight is 375 g/mol. The molecule has 0 spiro atoms. The molecular weight excluding hydrogens is 350 g/mol. The van der Waals surface area contributed by atoms with Crippen molar-refractivity contribution in [1.82, 2.24) is 0 Å². The van der Waals surface area contributed by atoms with E-state index in [1.165, 1.54) is 23.8 Å². The van der Waals surface area contributed by atoms with Crippen molar-refractivity contribution in [3.63, 3.8) is 0 Å². The summed E-state index contributed by atoms with van der Waals surface area (Å²) in [6.45, 7) is 6.43. The first-order valence-corrected chi connectivity index (χ1v) is 10.4. The van der Waals surface area contributed by atoms with Crippen molar-refractivity contribution in [2.75, 3.05) is 11.4 Å². The van der Waals surface area contributed by atoms with Crippen LogP contribution in [0.15, 0.2) is 35.9 Å². The van der Waals surface area contributed by atoms with E-state index in [2.05, 4.69) is 13.5 Å². The average Bonchev–Trinajstić information content (AvgIpc) is 2.81. The Labute approximate surface area is 154 Å². The molecule has 1 aromatic rings. The predicted molar refractivity (Wildman–Crippen MR) is 102 cm³/mol. The van der Waals surface area contributed by atoms with E-state index < -0.39 is 10.3 Å². The molecule has 0 aliphatic heterocycles. The maximum absolute atomic E-state index is 11.4. The van der Waals surface area contributed by atoms with Crippen molar-refractivity contribution in [3.05, 3.63) is 47.1 Å². The zero-order chi connectivity index (χ0) is 18.9. The van der Waals surface area contributed by atoms with Gasteiger partial charge in [-0.3, -0.25) is 8.86 Å². The quantitative estimate of drug-likeness (QED) is 0.614. The van der Waals surface area contributed by atoms with E-state index in [-0.39, 0.29) is 17.4 Å². The van der Waals surface area contributed by atoms with E-state index in [4.69, 9.17) is 0 Å². The van der Waals surface area contributed by atoms with Crippen LogP contribution in [0.2, 0.25) is 0 Å². The van der Waals surface area contributed by atoms with Crippen molar-refractivity contribution >= 4 is 21.6 Å². The second kappa shape index (κ2) is 5.68. The van der Waals surface area contributed by atoms with Gasteiger partial charge in [-0.15, -0.1) is 0 Å². The summed E-state index contributed by atoms with van der Waals surface area (Å²) in [5, 5.41) is 10.5. The minimum absolute atomic E-state index is 0.113. The van der Waals surface area contributed by atoms with Crippen LogP contribution in [0.3, 0.4) is 0 Å². The molecule has 0 bridgehead atoms. The molecule has 0 heterocycles. The van der Waals surface area contributed by atoms with Gasteiger partial charge >= 0.3 is 10.3 Å². The molecule has 3 atom stereocenters. The van der Waals surface area contributed by atoms with Gasteiger partial charge in [0.25, 0.3) is 0 Å². The Bertz CT molecular complexity index is 933. The van der Waals surface area contributed by atoms with Gasteiger partial charge in [0.2, 0.25) is 0 Å². The summed E-state index contributed by atoms with van der Waals surface area (Å²) in [5.41, 5.74) is 6.53. The van der Waals surface area contributed by atoms with E-state index in [0.717, 1.165) is 41.1 Å². The fraction of sp³-hybridized carbons (Fsp3) is 0.500. The molecule has 0 aromatic heterocycles. The fourth-order valence-electron chi connectivity index (χ4n) is 5.23. The van der Waals surface area contributed by atoms with Crippen LogP contribution in [0.1, 0.15) is 43.7 Å². The molecule has 140 valence electrons. The number of rotatable bonds is 2. The monoisotopic (exact) mass is 375 g/mol. The molecule has 2 N–H and O–H groups in total. The highest BCUT2D eigenvalue weighted by molar-refractivity contribution is 7.87. The van der Waals surface area contributed by atoms with Crippen LogP contribution in [0.4, 0.5) is 5.69 Å². The topological polar surface area (TPSA) is 77.8 Å². The molecule has 3 aliphatic rings. The van der Waals surface area contributed by atoms with Crippen molar-refractivity contribution in [2.24, 2.45) is 11.3 Å². The minimum atomic E-state index is -4.26. The molecule has 5 nitrogen and oxygen atoms in total. The van der Waals surface area contributed by atoms with Gasteiger partial charge in [-0.25, -0.2) is 0 Å². The fourth-order valence-corrected chi connectivity index (χ4v) is 5.61. The van der Waals surface area contributed by atoms with E-state index in [1.54, 1.807) is 6.07 Å². The summed E-state index contributed by atoms with van der Waals surface area (Å²) >= 11 is 0. The van der Waals surface area contributed by atoms with Gasteiger partial charge in [0.15, 0.2) is 0 Å². The summed E-state index contributed by atoms with van der Waals surface area (Å²) in [4.78, 5) is 0. The summed E-state index contributed by atoms with van der Waals surface area (Å²) in [7, 11) is -2.91. The van der Waals surface area contributed by atoms with Gasteiger partial charge in [0.05, 0.1) is 11.8 Å². The third-order valence-corrected chi connectivity index (χ3v) is 7.62. The van der Waals surface area contributed by atoms with Crippen LogP contribution in [0.5, 0.6) is 0 Å². The Morgan fingerprint density at radius 1 is 1.27 bits per heavy atom. The number of allylic oxidation sites excluding steroid dienone is 2. The summed E-state index contributed by atoms with van der Waals surface area (Å²) in [6, 6.07) is 5.57. The maximum Gasteiger partial charge on any atom is 0.359 e. The number of hydrogen-bond donors (Lipinski definition) is 2. The van der Waals surface area contributed by atoms with Gasteiger partial charge in [-0.05, 0) is 60.9 Å². The second-order valence-corrected chi connectivity index (χ2v) is 9.55. The SMILES string of the molecule is C=C1C[C@@H](O)[C@@]2(C)CCC3=C(CCc4cc(N(C)S(=O)(=O)O)ccc43)[C@H]12. The Hall–Kier alpha value is -1.63. The Balaban J connectivity index is 1.78. The largest absolute Gasteiger partial charge is 0.392 e. The first-order valence-electron chi connectivity index (χ1n) is 9.05. The molecule has 0 saturated heterocycles. The molecule has 4 rings (SSSR count). The number of hydrogen-bond acceptors (Lipinski definition) is 3. The number of fused-ring (bicyclic) bond motifs is 4.